The summed E-state index contributed by atoms with van der Waals surface area (Å²) < 4.78 is 24.0. The van der Waals surface area contributed by atoms with E-state index in [0.29, 0.717) is 10.6 Å². The predicted molar refractivity (Wildman–Crippen MR) is 74.0 cm³/mol. The molecule has 2 rings (SSSR count). The lowest BCUT2D eigenvalue weighted by Crippen LogP contribution is -2.27. The Hall–Kier alpha value is -1.13. The van der Waals surface area contributed by atoms with E-state index in [4.69, 9.17) is 21.1 Å². The lowest BCUT2D eigenvalue weighted by Gasteiger charge is -2.27. The highest BCUT2D eigenvalue weighted by atomic mass is 35.5. The molecule has 20 heavy (non-hydrogen) atoms. The molecule has 1 fully saturated rings. The molecule has 0 spiro atoms. The van der Waals surface area contributed by atoms with Crippen molar-refractivity contribution in [2.75, 3.05) is 7.11 Å². The molecule has 0 aliphatic heterocycles. The van der Waals surface area contributed by atoms with Gasteiger partial charge in [-0.3, -0.25) is 4.79 Å². The highest BCUT2D eigenvalue weighted by Crippen LogP contribution is 2.28. The molecule has 0 atom stereocenters. The van der Waals surface area contributed by atoms with Crippen LogP contribution in [0.4, 0.5) is 4.39 Å². The minimum atomic E-state index is -0.347. The third-order valence-corrected chi connectivity index (χ3v) is 4.09. The summed E-state index contributed by atoms with van der Waals surface area (Å²) in [7, 11) is 1.41. The van der Waals surface area contributed by atoms with Crippen LogP contribution in [0, 0.1) is 11.7 Å². The van der Waals surface area contributed by atoms with Gasteiger partial charge in [0.25, 0.3) is 0 Å². The van der Waals surface area contributed by atoms with Gasteiger partial charge in [0.2, 0.25) is 0 Å². The number of methoxy groups -OCH3 is 1. The molecule has 5 heteroatoms. The molecule has 0 amide bonds. The lowest BCUT2D eigenvalue weighted by atomic mass is 9.87. The van der Waals surface area contributed by atoms with Crippen molar-refractivity contribution in [3.05, 3.63) is 34.6 Å². The van der Waals surface area contributed by atoms with Gasteiger partial charge in [0.15, 0.2) is 0 Å². The number of benzene rings is 1. The van der Waals surface area contributed by atoms with E-state index in [1.54, 1.807) is 12.1 Å². The van der Waals surface area contributed by atoms with Gasteiger partial charge in [-0.15, -0.1) is 0 Å². The highest BCUT2D eigenvalue weighted by Gasteiger charge is 2.27. The average molecular weight is 301 g/mol. The average Bonchev–Trinajstić information content (AvgIpc) is 2.46. The molecule has 110 valence electrons. The van der Waals surface area contributed by atoms with Crippen molar-refractivity contribution < 1.29 is 18.7 Å². The Morgan fingerprint density at radius 1 is 1.35 bits per heavy atom. The van der Waals surface area contributed by atoms with Crippen LogP contribution in [0.25, 0.3) is 0 Å². The standard InChI is InChI=1S/C15H18ClFO3/c1-19-15(18)10-5-7-11(8-6-10)20-9-12-13(16)3-2-4-14(12)17/h2-4,10-11H,5-9H2,1H3. The molecule has 0 N–H and O–H groups in total. The fraction of sp³-hybridized carbons (Fsp3) is 0.533. The third kappa shape index (κ3) is 3.70. The van der Waals surface area contributed by atoms with Gasteiger partial charge in [0.05, 0.1) is 25.7 Å². The van der Waals surface area contributed by atoms with Crippen LogP contribution in [-0.2, 0) is 20.9 Å². The number of carbonyl (C=O) groups is 1. The minimum Gasteiger partial charge on any atom is -0.469 e. The van der Waals surface area contributed by atoms with Crippen molar-refractivity contribution in [2.24, 2.45) is 5.92 Å². The van der Waals surface area contributed by atoms with Crippen LogP contribution >= 0.6 is 11.6 Å². The number of esters is 1. The van der Waals surface area contributed by atoms with Gasteiger partial charge in [-0.05, 0) is 37.8 Å². The number of hydrogen-bond donors (Lipinski definition) is 0. The highest BCUT2D eigenvalue weighted by molar-refractivity contribution is 6.31. The Morgan fingerprint density at radius 3 is 2.65 bits per heavy atom. The minimum absolute atomic E-state index is 0.0306. The molecule has 1 aliphatic rings. The molecule has 0 aromatic heterocycles. The van der Waals surface area contributed by atoms with Crippen LogP contribution < -0.4 is 0 Å². The van der Waals surface area contributed by atoms with Gasteiger partial charge in [-0.2, -0.15) is 0 Å². The molecule has 0 radical (unpaired) electrons. The van der Waals surface area contributed by atoms with Crippen LogP contribution in [0.15, 0.2) is 18.2 Å². The van der Waals surface area contributed by atoms with Crippen molar-refractivity contribution in [3.63, 3.8) is 0 Å². The first-order valence-electron chi connectivity index (χ1n) is 6.74. The zero-order valence-electron chi connectivity index (χ0n) is 11.4. The second-order valence-corrected chi connectivity index (χ2v) is 5.42. The number of hydrogen-bond acceptors (Lipinski definition) is 3. The summed E-state index contributed by atoms with van der Waals surface area (Å²) in [4.78, 5) is 11.4. The molecule has 0 bridgehead atoms. The first kappa shape index (κ1) is 15.3. The van der Waals surface area contributed by atoms with Crippen LogP contribution in [-0.4, -0.2) is 19.2 Å². The van der Waals surface area contributed by atoms with Gasteiger partial charge < -0.3 is 9.47 Å². The van der Waals surface area contributed by atoms with E-state index in [-0.39, 0.29) is 30.4 Å². The molecule has 1 aliphatic carbocycles. The van der Waals surface area contributed by atoms with E-state index in [9.17, 15) is 9.18 Å². The lowest BCUT2D eigenvalue weighted by molar-refractivity contribution is -0.147. The fourth-order valence-corrected chi connectivity index (χ4v) is 2.72. The third-order valence-electron chi connectivity index (χ3n) is 3.73. The summed E-state index contributed by atoms with van der Waals surface area (Å²) in [6.07, 6.45) is 3.12. The predicted octanol–water partition coefficient (Wildman–Crippen LogP) is 3.73. The summed E-state index contributed by atoms with van der Waals surface area (Å²) in [5.74, 6) is -0.529. The van der Waals surface area contributed by atoms with Crippen molar-refractivity contribution in [1.29, 1.82) is 0 Å². The van der Waals surface area contributed by atoms with Crippen molar-refractivity contribution >= 4 is 17.6 Å². The van der Waals surface area contributed by atoms with Gasteiger partial charge in [0, 0.05) is 10.6 Å². The SMILES string of the molecule is COC(=O)C1CCC(OCc2c(F)cccc2Cl)CC1. The maximum atomic E-state index is 13.6. The van der Waals surface area contributed by atoms with E-state index >= 15 is 0 Å². The summed E-state index contributed by atoms with van der Waals surface area (Å²) in [5.41, 5.74) is 0.393. The van der Waals surface area contributed by atoms with Crippen molar-refractivity contribution in [3.8, 4) is 0 Å². The molecule has 0 saturated heterocycles. The molecule has 0 unspecified atom stereocenters. The Kier molecular flexibility index (Phi) is 5.38. The largest absolute Gasteiger partial charge is 0.469 e. The molecular weight excluding hydrogens is 283 g/mol. The Bertz CT molecular complexity index is 450. The molecule has 3 nitrogen and oxygen atoms in total. The van der Waals surface area contributed by atoms with Gasteiger partial charge in [-0.1, -0.05) is 17.7 Å². The maximum absolute atomic E-state index is 13.6. The van der Waals surface area contributed by atoms with Gasteiger partial charge >= 0.3 is 5.97 Å². The molecule has 0 heterocycles. The summed E-state index contributed by atoms with van der Waals surface area (Å²) in [5, 5.41) is 0.383. The smallest absolute Gasteiger partial charge is 0.308 e. The van der Waals surface area contributed by atoms with Crippen molar-refractivity contribution in [2.45, 2.75) is 38.4 Å². The van der Waals surface area contributed by atoms with E-state index < -0.39 is 0 Å². The normalized spacial score (nSPS) is 22.6. The monoisotopic (exact) mass is 300 g/mol. The van der Waals surface area contributed by atoms with E-state index in [1.165, 1.54) is 13.2 Å². The topological polar surface area (TPSA) is 35.5 Å². The number of rotatable bonds is 4. The van der Waals surface area contributed by atoms with Crippen LogP contribution in [0.2, 0.25) is 5.02 Å². The second-order valence-electron chi connectivity index (χ2n) is 5.01. The number of halogens is 2. The molecule has 1 aromatic carbocycles. The van der Waals surface area contributed by atoms with E-state index in [0.717, 1.165) is 25.7 Å². The molecular formula is C15H18ClFO3. The van der Waals surface area contributed by atoms with Gasteiger partial charge in [0.1, 0.15) is 5.82 Å². The maximum Gasteiger partial charge on any atom is 0.308 e. The van der Waals surface area contributed by atoms with E-state index in [2.05, 4.69) is 0 Å². The Balaban J connectivity index is 1.83. The first-order valence-corrected chi connectivity index (χ1v) is 7.12. The second kappa shape index (κ2) is 7.04. The summed E-state index contributed by atoms with van der Waals surface area (Å²) in [6, 6.07) is 4.60. The number of carbonyl (C=O) groups excluding carboxylic acids is 1. The summed E-state index contributed by atoms with van der Waals surface area (Å²) in [6.45, 7) is 0.166. The Labute approximate surface area is 123 Å². The fourth-order valence-electron chi connectivity index (χ4n) is 2.50. The molecule has 1 aromatic rings. The van der Waals surface area contributed by atoms with E-state index in [1.807, 2.05) is 0 Å². The quantitative estimate of drug-likeness (QED) is 0.795. The molecule has 1 saturated carbocycles. The zero-order valence-corrected chi connectivity index (χ0v) is 12.2. The van der Waals surface area contributed by atoms with Gasteiger partial charge in [-0.25, -0.2) is 4.39 Å². The van der Waals surface area contributed by atoms with Crippen LogP contribution in [0.1, 0.15) is 31.2 Å². The zero-order chi connectivity index (χ0) is 14.5. The summed E-state index contributed by atoms with van der Waals surface area (Å²) >= 11 is 5.95. The van der Waals surface area contributed by atoms with Crippen LogP contribution in [0.5, 0.6) is 0 Å². The van der Waals surface area contributed by atoms with Crippen molar-refractivity contribution in [1.82, 2.24) is 0 Å². The van der Waals surface area contributed by atoms with Crippen LogP contribution in [0.3, 0.4) is 0 Å². The first-order chi connectivity index (χ1) is 9.61. The number of ether oxygens (including phenoxy) is 2. The Morgan fingerprint density at radius 2 is 2.05 bits per heavy atom.